The predicted molar refractivity (Wildman–Crippen MR) is 80.3 cm³/mol. The summed E-state index contributed by atoms with van der Waals surface area (Å²) in [6.45, 7) is 0.364. The quantitative estimate of drug-likeness (QED) is 0.873. The van der Waals surface area contributed by atoms with Crippen molar-refractivity contribution in [3.63, 3.8) is 0 Å². The van der Waals surface area contributed by atoms with Crippen LogP contribution in [0, 0.1) is 23.7 Å². The second-order valence-electron chi connectivity index (χ2n) is 6.25. The van der Waals surface area contributed by atoms with Gasteiger partial charge in [-0.1, -0.05) is 18.2 Å². The number of aliphatic carboxylic acids is 1. The van der Waals surface area contributed by atoms with Crippen LogP contribution in [-0.4, -0.2) is 24.1 Å². The number of para-hydroxylation sites is 1. The summed E-state index contributed by atoms with van der Waals surface area (Å²) in [6, 6.07) is 7.51. The van der Waals surface area contributed by atoms with Gasteiger partial charge >= 0.3 is 5.97 Å². The number of nitrogens with one attached hydrogen (secondary N) is 1. The highest BCUT2D eigenvalue weighted by molar-refractivity contribution is 5.86. The highest BCUT2D eigenvalue weighted by Crippen LogP contribution is 2.52. The summed E-state index contributed by atoms with van der Waals surface area (Å²) >= 11 is 0. The molecule has 0 aromatic heterocycles. The molecule has 3 rings (SSSR count). The van der Waals surface area contributed by atoms with Crippen molar-refractivity contribution in [1.82, 2.24) is 5.32 Å². The molecule has 0 aliphatic heterocycles. The molecule has 1 aromatic carbocycles. The van der Waals surface area contributed by atoms with Crippen molar-refractivity contribution in [2.45, 2.75) is 25.8 Å². The largest absolute Gasteiger partial charge is 0.496 e. The standard InChI is InChI=1S/C17H21NO4/c1-22-13-5-3-2-4-12(13)9-18-16(19)14-10-6-7-11(8-10)15(14)17(20)21/h2-5,10-11,14-15H,6-9H2,1H3,(H,18,19)(H,20,21)/t10-,11-,14+,15-/m0/s1. The van der Waals surface area contributed by atoms with Crippen LogP contribution in [0.3, 0.4) is 0 Å². The molecule has 0 saturated heterocycles. The maximum atomic E-state index is 12.5. The van der Waals surface area contributed by atoms with Crippen molar-refractivity contribution in [1.29, 1.82) is 0 Å². The van der Waals surface area contributed by atoms with E-state index in [-0.39, 0.29) is 23.7 Å². The third-order valence-electron chi connectivity index (χ3n) is 5.15. The molecule has 118 valence electrons. The number of carboxylic acids is 1. The topological polar surface area (TPSA) is 75.6 Å². The van der Waals surface area contributed by atoms with Crippen LogP contribution < -0.4 is 10.1 Å². The molecule has 2 saturated carbocycles. The van der Waals surface area contributed by atoms with Crippen molar-refractivity contribution in [3.05, 3.63) is 29.8 Å². The van der Waals surface area contributed by atoms with Crippen LogP contribution in [0.4, 0.5) is 0 Å². The van der Waals surface area contributed by atoms with Gasteiger partial charge in [0.05, 0.1) is 18.9 Å². The first-order chi connectivity index (χ1) is 10.6. The Morgan fingerprint density at radius 3 is 2.59 bits per heavy atom. The number of carboxylic acid groups (broad SMARTS) is 1. The van der Waals surface area contributed by atoms with Gasteiger partial charge in [0.15, 0.2) is 0 Å². The van der Waals surface area contributed by atoms with E-state index < -0.39 is 11.9 Å². The maximum absolute atomic E-state index is 12.5. The van der Waals surface area contributed by atoms with Gasteiger partial charge < -0.3 is 15.2 Å². The molecule has 5 nitrogen and oxygen atoms in total. The number of methoxy groups -OCH3 is 1. The molecule has 2 aliphatic rings. The Hall–Kier alpha value is -2.04. The van der Waals surface area contributed by atoms with Crippen molar-refractivity contribution >= 4 is 11.9 Å². The van der Waals surface area contributed by atoms with E-state index in [2.05, 4.69) is 5.32 Å². The van der Waals surface area contributed by atoms with Gasteiger partial charge in [-0.05, 0) is 37.2 Å². The average Bonchev–Trinajstić information content (AvgIpc) is 3.13. The second-order valence-corrected chi connectivity index (χ2v) is 6.25. The Labute approximate surface area is 129 Å². The van der Waals surface area contributed by atoms with E-state index in [1.54, 1.807) is 7.11 Å². The number of carbonyl (C=O) groups excluding carboxylic acids is 1. The summed E-state index contributed by atoms with van der Waals surface area (Å²) in [5.74, 6) is -0.740. The van der Waals surface area contributed by atoms with Crippen LogP contribution in [0.15, 0.2) is 24.3 Å². The summed E-state index contributed by atoms with van der Waals surface area (Å²) in [5.41, 5.74) is 0.897. The number of ether oxygens (including phenoxy) is 1. The molecule has 1 aromatic rings. The molecule has 2 aliphatic carbocycles. The summed E-state index contributed by atoms with van der Waals surface area (Å²) < 4.78 is 5.27. The zero-order chi connectivity index (χ0) is 15.7. The minimum atomic E-state index is -0.829. The molecule has 0 unspecified atom stereocenters. The van der Waals surface area contributed by atoms with Crippen LogP contribution >= 0.6 is 0 Å². The van der Waals surface area contributed by atoms with E-state index in [9.17, 15) is 14.7 Å². The number of hydrogen-bond donors (Lipinski definition) is 2. The highest BCUT2D eigenvalue weighted by Gasteiger charge is 2.53. The fourth-order valence-electron chi connectivity index (χ4n) is 4.17. The van der Waals surface area contributed by atoms with Crippen LogP contribution in [0.2, 0.25) is 0 Å². The van der Waals surface area contributed by atoms with Crippen molar-refractivity contribution in [3.8, 4) is 5.75 Å². The first-order valence-electron chi connectivity index (χ1n) is 7.74. The molecular weight excluding hydrogens is 282 g/mol. The first kappa shape index (κ1) is 14.9. The fourth-order valence-corrected chi connectivity index (χ4v) is 4.17. The maximum Gasteiger partial charge on any atom is 0.307 e. The fraction of sp³-hybridized carbons (Fsp3) is 0.529. The number of carbonyl (C=O) groups is 2. The molecule has 0 heterocycles. The first-order valence-corrected chi connectivity index (χ1v) is 7.74. The predicted octanol–water partition coefficient (Wildman–Crippen LogP) is 2.06. The van der Waals surface area contributed by atoms with E-state index in [1.807, 2.05) is 24.3 Å². The zero-order valence-electron chi connectivity index (χ0n) is 12.6. The van der Waals surface area contributed by atoms with E-state index in [0.717, 1.165) is 30.6 Å². The third-order valence-corrected chi connectivity index (χ3v) is 5.15. The molecule has 2 fully saturated rings. The Kier molecular flexibility index (Phi) is 4.05. The SMILES string of the molecule is COc1ccccc1CNC(=O)[C@@H]1[C@H]2CC[C@@H](C2)[C@@H]1C(=O)O. The number of fused-ring (bicyclic) bond motifs is 2. The lowest BCUT2D eigenvalue weighted by Gasteiger charge is -2.27. The van der Waals surface area contributed by atoms with Gasteiger partial charge in [-0.15, -0.1) is 0 Å². The molecular formula is C17H21NO4. The monoisotopic (exact) mass is 303 g/mol. The highest BCUT2D eigenvalue weighted by atomic mass is 16.5. The summed E-state index contributed by atoms with van der Waals surface area (Å²) in [7, 11) is 1.59. The van der Waals surface area contributed by atoms with Gasteiger partial charge in [-0.2, -0.15) is 0 Å². The van der Waals surface area contributed by atoms with Gasteiger partial charge in [0.1, 0.15) is 5.75 Å². The van der Waals surface area contributed by atoms with Gasteiger partial charge in [0, 0.05) is 12.1 Å². The Morgan fingerprint density at radius 2 is 1.91 bits per heavy atom. The molecule has 0 radical (unpaired) electrons. The minimum absolute atomic E-state index is 0.134. The van der Waals surface area contributed by atoms with Gasteiger partial charge in [0.25, 0.3) is 0 Å². The molecule has 2 N–H and O–H groups in total. The molecule has 0 spiro atoms. The van der Waals surface area contributed by atoms with E-state index in [0.29, 0.717) is 6.54 Å². The van der Waals surface area contributed by atoms with Crippen molar-refractivity contribution < 1.29 is 19.4 Å². The summed E-state index contributed by atoms with van der Waals surface area (Å²) in [6.07, 6.45) is 2.79. The smallest absolute Gasteiger partial charge is 0.307 e. The van der Waals surface area contributed by atoms with E-state index in [4.69, 9.17) is 4.74 Å². The number of rotatable bonds is 5. The third kappa shape index (κ3) is 2.56. The van der Waals surface area contributed by atoms with Crippen LogP contribution in [-0.2, 0) is 16.1 Å². The van der Waals surface area contributed by atoms with E-state index >= 15 is 0 Å². The molecule has 5 heteroatoms. The van der Waals surface area contributed by atoms with E-state index in [1.165, 1.54) is 0 Å². The van der Waals surface area contributed by atoms with Crippen LogP contribution in [0.5, 0.6) is 5.75 Å². The number of benzene rings is 1. The zero-order valence-corrected chi connectivity index (χ0v) is 12.6. The second kappa shape index (κ2) is 5.99. The average molecular weight is 303 g/mol. The van der Waals surface area contributed by atoms with Crippen LogP contribution in [0.25, 0.3) is 0 Å². The Morgan fingerprint density at radius 1 is 1.23 bits per heavy atom. The van der Waals surface area contributed by atoms with Gasteiger partial charge in [-0.3, -0.25) is 9.59 Å². The molecule has 22 heavy (non-hydrogen) atoms. The normalized spacial score (nSPS) is 29.3. The molecule has 2 bridgehead atoms. The molecule has 4 atom stereocenters. The van der Waals surface area contributed by atoms with Crippen molar-refractivity contribution in [2.75, 3.05) is 7.11 Å². The summed E-state index contributed by atoms with van der Waals surface area (Å²) in [5, 5.41) is 12.3. The van der Waals surface area contributed by atoms with Gasteiger partial charge in [-0.25, -0.2) is 0 Å². The lowest BCUT2D eigenvalue weighted by molar-refractivity contribution is -0.149. The Balaban J connectivity index is 1.68. The summed E-state index contributed by atoms with van der Waals surface area (Å²) in [4.78, 5) is 24.0. The van der Waals surface area contributed by atoms with Gasteiger partial charge in [0.2, 0.25) is 5.91 Å². The minimum Gasteiger partial charge on any atom is -0.496 e. The van der Waals surface area contributed by atoms with Crippen LogP contribution in [0.1, 0.15) is 24.8 Å². The lowest BCUT2D eigenvalue weighted by atomic mass is 9.78. The lowest BCUT2D eigenvalue weighted by Crippen LogP contribution is -2.41. The van der Waals surface area contributed by atoms with Crippen molar-refractivity contribution in [2.24, 2.45) is 23.7 Å². The number of hydrogen-bond acceptors (Lipinski definition) is 3. The number of amides is 1. The molecule has 1 amide bonds. The Bertz CT molecular complexity index is 586.